The maximum Gasteiger partial charge on any atom is 0.254 e. The van der Waals surface area contributed by atoms with Crippen LogP contribution in [0.5, 0.6) is 0 Å². The molecule has 2 saturated carbocycles. The molecule has 0 aromatic carbocycles. The van der Waals surface area contributed by atoms with Crippen LogP contribution in [0.4, 0.5) is 5.00 Å². The molecule has 2 aliphatic carbocycles. The summed E-state index contributed by atoms with van der Waals surface area (Å²) in [6, 6.07) is 2.31. The lowest BCUT2D eigenvalue weighted by atomic mass is 9.87. The molecule has 2 heterocycles. The van der Waals surface area contributed by atoms with Crippen molar-refractivity contribution in [3.05, 3.63) is 17.0 Å². The molecule has 0 bridgehead atoms. The van der Waals surface area contributed by atoms with Crippen molar-refractivity contribution in [2.75, 3.05) is 11.9 Å². The quantitative estimate of drug-likeness (QED) is 0.813. The Balaban J connectivity index is 1.36. The van der Waals surface area contributed by atoms with Crippen LogP contribution in [0.3, 0.4) is 0 Å². The van der Waals surface area contributed by atoms with Gasteiger partial charge < -0.3 is 15.5 Å². The van der Waals surface area contributed by atoms with Crippen molar-refractivity contribution in [1.82, 2.24) is 10.2 Å². The van der Waals surface area contributed by atoms with Gasteiger partial charge in [-0.15, -0.1) is 11.3 Å². The Labute approximate surface area is 163 Å². The molecule has 0 radical (unpaired) electrons. The second-order valence-corrected chi connectivity index (χ2v) is 9.18. The van der Waals surface area contributed by atoms with Crippen molar-refractivity contribution in [2.45, 2.75) is 64.0 Å². The van der Waals surface area contributed by atoms with E-state index in [1.54, 1.807) is 6.07 Å². The fourth-order valence-electron chi connectivity index (χ4n) is 4.10. The highest BCUT2D eigenvalue weighted by atomic mass is 32.1. The van der Waals surface area contributed by atoms with Gasteiger partial charge in [0, 0.05) is 25.0 Å². The molecule has 3 aliphatic rings. The van der Waals surface area contributed by atoms with E-state index >= 15 is 0 Å². The smallest absolute Gasteiger partial charge is 0.254 e. The number of nitrogens with one attached hydrogen (secondary N) is 2. The Hall–Kier alpha value is -1.89. The van der Waals surface area contributed by atoms with Crippen molar-refractivity contribution in [2.24, 2.45) is 11.8 Å². The van der Waals surface area contributed by atoms with Crippen LogP contribution in [-0.2, 0) is 9.59 Å². The van der Waals surface area contributed by atoms with Crippen LogP contribution >= 0.6 is 11.3 Å². The predicted octanol–water partition coefficient (Wildman–Crippen LogP) is 3.01. The van der Waals surface area contributed by atoms with E-state index < -0.39 is 0 Å². The van der Waals surface area contributed by atoms with Crippen LogP contribution in [-0.4, -0.2) is 41.2 Å². The molecule has 4 rings (SSSR count). The average molecular weight is 390 g/mol. The lowest BCUT2D eigenvalue weighted by molar-refractivity contribution is -0.130. The number of carbonyl (C=O) groups excluding carboxylic acids is 3. The van der Waals surface area contributed by atoms with Crippen molar-refractivity contribution in [1.29, 1.82) is 0 Å². The van der Waals surface area contributed by atoms with E-state index in [1.807, 2.05) is 10.3 Å². The number of amides is 3. The highest BCUT2D eigenvalue weighted by molar-refractivity contribution is 7.14. The molecule has 7 heteroatoms. The lowest BCUT2D eigenvalue weighted by Gasteiger charge is -2.33. The summed E-state index contributed by atoms with van der Waals surface area (Å²) in [6.45, 7) is 2.76. The zero-order valence-corrected chi connectivity index (χ0v) is 16.5. The molecule has 2 N–H and O–H groups in total. The van der Waals surface area contributed by atoms with Crippen LogP contribution in [0.2, 0.25) is 0 Å². The Bertz CT molecular complexity index is 735. The first-order valence-corrected chi connectivity index (χ1v) is 10.9. The van der Waals surface area contributed by atoms with Crippen LogP contribution in [0.15, 0.2) is 11.4 Å². The van der Waals surface area contributed by atoms with Crippen molar-refractivity contribution in [3.63, 3.8) is 0 Å². The van der Waals surface area contributed by atoms with Crippen LogP contribution in [0.1, 0.15) is 62.2 Å². The Morgan fingerprint density at radius 1 is 1.15 bits per heavy atom. The van der Waals surface area contributed by atoms with Gasteiger partial charge in [0.1, 0.15) is 5.00 Å². The minimum atomic E-state index is -0.335. The molecule has 1 aliphatic heterocycles. The zero-order valence-electron chi connectivity index (χ0n) is 15.7. The first kappa shape index (κ1) is 18.5. The van der Waals surface area contributed by atoms with E-state index in [9.17, 15) is 14.4 Å². The van der Waals surface area contributed by atoms with E-state index in [2.05, 4.69) is 17.6 Å². The number of nitrogens with zero attached hydrogens (tertiary/aromatic N) is 1. The number of hydrogen-bond donors (Lipinski definition) is 2. The minimum absolute atomic E-state index is 0.0904. The number of rotatable bonds is 5. The highest BCUT2D eigenvalue weighted by Gasteiger charge is 2.39. The second-order valence-electron chi connectivity index (χ2n) is 8.26. The molecule has 27 heavy (non-hydrogen) atoms. The van der Waals surface area contributed by atoms with Gasteiger partial charge in [-0.1, -0.05) is 6.92 Å². The van der Waals surface area contributed by atoms with Gasteiger partial charge in [-0.25, -0.2) is 0 Å². The zero-order chi connectivity index (χ0) is 19.0. The molecular weight excluding hydrogens is 362 g/mol. The largest absolute Gasteiger partial charge is 0.349 e. The summed E-state index contributed by atoms with van der Waals surface area (Å²) in [4.78, 5) is 39.4. The van der Waals surface area contributed by atoms with E-state index in [0.29, 0.717) is 17.1 Å². The van der Waals surface area contributed by atoms with E-state index in [4.69, 9.17) is 0 Å². The van der Waals surface area contributed by atoms with E-state index in [-0.39, 0.29) is 42.1 Å². The third kappa shape index (κ3) is 4.18. The molecule has 1 aromatic rings. The van der Waals surface area contributed by atoms with Crippen molar-refractivity contribution in [3.8, 4) is 0 Å². The lowest BCUT2D eigenvalue weighted by Crippen LogP contribution is -2.39. The van der Waals surface area contributed by atoms with E-state index in [0.717, 1.165) is 44.4 Å². The second kappa shape index (κ2) is 7.62. The average Bonchev–Trinajstić information content (AvgIpc) is 3.18. The normalized spacial score (nSPS) is 28.3. The molecule has 0 spiro atoms. The van der Waals surface area contributed by atoms with E-state index in [1.165, 1.54) is 11.3 Å². The van der Waals surface area contributed by atoms with Gasteiger partial charge in [0.05, 0.1) is 11.5 Å². The summed E-state index contributed by atoms with van der Waals surface area (Å²) in [5, 5.41) is 8.24. The van der Waals surface area contributed by atoms with Gasteiger partial charge in [-0.2, -0.15) is 0 Å². The van der Waals surface area contributed by atoms with Gasteiger partial charge in [0.2, 0.25) is 11.8 Å². The summed E-state index contributed by atoms with van der Waals surface area (Å²) in [6.07, 6.45) is 6.71. The number of anilines is 1. The van der Waals surface area contributed by atoms with Gasteiger partial charge in [-0.3, -0.25) is 14.4 Å². The molecular formula is C20H27N3O3S. The third-order valence-electron chi connectivity index (χ3n) is 6.01. The van der Waals surface area contributed by atoms with Crippen molar-refractivity contribution >= 4 is 34.1 Å². The molecule has 1 aromatic heterocycles. The van der Waals surface area contributed by atoms with Gasteiger partial charge in [-0.05, 0) is 55.9 Å². The Kier molecular flexibility index (Phi) is 5.21. The SMILES string of the molecule is CC1CCC(N2CC(C(=O)Nc3sccc3C(=O)NC3CC3)CC2=O)CC1. The summed E-state index contributed by atoms with van der Waals surface area (Å²) in [5.74, 6) is 0.204. The third-order valence-corrected chi connectivity index (χ3v) is 6.84. The summed E-state index contributed by atoms with van der Waals surface area (Å²) < 4.78 is 0. The van der Waals surface area contributed by atoms with Crippen molar-refractivity contribution < 1.29 is 14.4 Å². The topological polar surface area (TPSA) is 78.5 Å². The maximum atomic E-state index is 12.7. The summed E-state index contributed by atoms with van der Waals surface area (Å²) in [7, 11) is 0. The molecule has 1 atom stereocenters. The molecule has 1 unspecified atom stereocenters. The number of thiophene rings is 1. The fourth-order valence-corrected chi connectivity index (χ4v) is 4.89. The first-order valence-electron chi connectivity index (χ1n) is 10.00. The van der Waals surface area contributed by atoms with Gasteiger partial charge in [0.25, 0.3) is 5.91 Å². The van der Waals surface area contributed by atoms with Crippen LogP contribution < -0.4 is 10.6 Å². The van der Waals surface area contributed by atoms with Gasteiger partial charge in [0.15, 0.2) is 0 Å². The number of hydrogen-bond acceptors (Lipinski definition) is 4. The fraction of sp³-hybridized carbons (Fsp3) is 0.650. The summed E-state index contributed by atoms with van der Waals surface area (Å²) >= 11 is 1.35. The monoisotopic (exact) mass is 389 g/mol. The first-order chi connectivity index (χ1) is 13.0. The standard InChI is InChI=1S/C20H27N3O3S/c1-12-2-6-15(7-3-12)23-11-13(10-17(23)24)18(25)22-20-16(8-9-27-20)19(26)21-14-4-5-14/h8-9,12-15H,2-7,10-11H2,1H3,(H,21,26)(H,22,25). The molecule has 3 fully saturated rings. The van der Waals surface area contributed by atoms with Crippen LogP contribution in [0, 0.1) is 11.8 Å². The Morgan fingerprint density at radius 3 is 2.59 bits per heavy atom. The summed E-state index contributed by atoms with van der Waals surface area (Å²) in [5.41, 5.74) is 0.516. The molecule has 146 valence electrons. The molecule has 3 amide bonds. The predicted molar refractivity (Wildman–Crippen MR) is 105 cm³/mol. The molecule has 1 saturated heterocycles. The minimum Gasteiger partial charge on any atom is -0.349 e. The number of carbonyl (C=O) groups is 3. The van der Waals surface area contributed by atoms with Gasteiger partial charge >= 0.3 is 0 Å². The van der Waals surface area contributed by atoms with Crippen LogP contribution in [0.25, 0.3) is 0 Å². The maximum absolute atomic E-state index is 12.7. The molecule has 6 nitrogen and oxygen atoms in total. The highest BCUT2D eigenvalue weighted by Crippen LogP contribution is 2.32. The number of likely N-dealkylation sites (tertiary alicyclic amines) is 1. The Morgan fingerprint density at radius 2 is 1.89 bits per heavy atom.